The second-order valence-electron chi connectivity index (χ2n) is 6.33. The van der Waals surface area contributed by atoms with Gasteiger partial charge in [0.2, 0.25) is 5.91 Å². The zero-order chi connectivity index (χ0) is 20.1. The van der Waals surface area contributed by atoms with Crippen LogP contribution in [0.3, 0.4) is 0 Å². The van der Waals surface area contributed by atoms with Crippen molar-refractivity contribution in [3.05, 3.63) is 87.8 Å². The molecule has 1 aromatic heterocycles. The zero-order valence-corrected chi connectivity index (χ0v) is 15.6. The lowest BCUT2D eigenvalue weighted by molar-refractivity contribution is -0.117. The van der Waals surface area contributed by atoms with Gasteiger partial charge >= 0.3 is 0 Å². The molecule has 0 aliphatic carbocycles. The third-order valence-electron chi connectivity index (χ3n) is 4.30. The molecule has 7 heteroatoms. The number of carbonyl (C=O) groups excluding carboxylic acids is 2. The molecule has 0 atom stereocenters. The Balaban J connectivity index is 1.74. The van der Waals surface area contributed by atoms with Crippen LogP contribution < -0.4 is 16.2 Å². The van der Waals surface area contributed by atoms with Crippen molar-refractivity contribution in [3.63, 3.8) is 0 Å². The third kappa shape index (κ3) is 4.50. The SMILES string of the molecule is Cc1cccc(NC(=O)Cn2nc(C(=O)Nc3ccccc3)ccc2=O)c1C. The van der Waals surface area contributed by atoms with Gasteiger partial charge in [0, 0.05) is 17.4 Å². The molecule has 0 spiro atoms. The summed E-state index contributed by atoms with van der Waals surface area (Å²) in [7, 11) is 0. The normalized spacial score (nSPS) is 10.4. The van der Waals surface area contributed by atoms with Gasteiger partial charge in [-0.25, -0.2) is 4.68 Å². The van der Waals surface area contributed by atoms with Crippen LogP contribution >= 0.6 is 0 Å². The fourth-order valence-corrected chi connectivity index (χ4v) is 2.61. The Labute approximate surface area is 162 Å². The van der Waals surface area contributed by atoms with Gasteiger partial charge in [0.15, 0.2) is 0 Å². The van der Waals surface area contributed by atoms with Crippen molar-refractivity contribution in [2.75, 3.05) is 10.6 Å². The van der Waals surface area contributed by atoms with E-state index in [0.29, 0.717) is 11.4 Å². The lowest BCUT2D eigenvalue weighted by Gasteiger charge is -2.11. The van der Waals surface area contributed by atoms with E-state index in [2.05, 4.69) is 15.7 Å². The maximum atomic E-state index is 12.4. The van der Waals surface area contributed by atoms with E-state index in [4.69, 9.17) is 0 Å². The summed E-state index contributed by atoms with van der Waals surface area (Å²) >= 11 is 0. The van der Waals surface area contributed by atoms with E-state index in [9.17, 15) is 14.4 Å². The van der Waals surface area contributed by atoms with Crippen LogP contribution in [-0.4, -0.2) is 21.6 Å². The second kappa shape index (κ2) is 8.30. The minimum Gasteiger partial charge on any atom is -0.324 e. The molecule has 3 rings (SSSR count). The molecule has 0 aliphatic rings. The minimum atomic E-state index is -0.465. The highest BCUT2D eigenvalue weighted by atomic mass is 16.2. The lowest BCUT2D eigenvalue weighted by Crippen LogP contribution is -2.31. The maximum absolute atomic E-state index is 12.4. The van der Waals surface area contributed by atoms with Gasteiger partial charge in [-0.3, -0.25) is 14.4 Å². The smallest absolute Gasteiger partial charge is 0.276 e. The van der Waals surface area contributed by atoms with Crippen LogP contribution in [0.25, 0.3) is 0 Å². The maximum Gasteiger partial charge on any atom is 0.276 e. The fourth-order valence-electron chi connectivity index (χ4n) is 2.61. The summed E-state index contributed by atoms with van der Waals surface area (Å²) in [5.41, 5.74) is 2.87. The number of rotatable bonds is 5. The Morgan fingerprint density at radius 3 is 2.43 bits per heavy atom. The molecule has 0 unspecified atom stereocenters. The molecule has 0 saturated carbocycles. The van der Waals surface area contributed by atoms with Gasteiger partial charge in [-0.1, -0.05) is 30.3 Å². The molecule has 0 aliphatic heterocycles. The standard InChI is InChI=1S/C21H20N4O3/c1-14-7-6-10-17(15(14)2)23-19(26)13-25-20(27)12-11-18(24-25)21(28)22-16-8-4-3-5-9-16/h3-12H,13H2,1-2H3,(H,22,28)(H,23,26). The number of para-hydroxylation sites is 1. The van der Waals surface area contributed by atoms with Crippen LogP contribution in [0.4, 0.5) is 11.4 Å². The molecule has 0 saturated heterocycles. The number of hydrogen-bond acceptors (Lipinski definition) is 4. The zero-order valence-electron chi connectivity index (χ0n) is 15.6. The molecule has 28 heavy (non-hydrogen) atoms. The first-order chi connectivity index (χ1) is 13.4. The molecule has 0 bridgehead atoms. The highest BCUT2D eigenvalue weighted by molar-refractivity contribution is 6.02. The molecule has 2 amide bonds. The van der Waals surface area contributed by atoms with Gasteiger partial charge in [0.1, 0.15) is 12.2 Å². The first kappa shape index (κ1) is 19.0. The van der Waals surface area contributed by atoms with E-state index in [1.165, 1.54) is 12.1 Å². The first-order valence-corrected chi connectivity index (χ1v) is 8.74. The number of aryl methyl sites for hydroxylation is 1. The summed E-state index contributed by atoms with van der Waals surface area (Å²) in [6, 6.07) is 17.0. The van der Waals surface area contributed by atoms with Gasteiger partial charge in [-0.05, 0) is 49.2 Å². The summed E-state index contributed by atoms with van der Waals surface area (Å²) < 4.78 is 0.973. The summed E-state index contributed by atoms with van der Waals surface area (Å²) in [6.45, 7) is 3.56. The van der Waals surface area contributed by atoms with Crippen molar-refractivity contribution in [1.29, 1.82) is 0 Å². The van der Waals surface area contributed by atoms with Gasteiger partial charge in [0.05, 0.1) is 0 Å². The number of aromatic nitrogens is 2. The molecule has 3 aromatic rings. The van der Waals surface area contributed by atoms with E-state index in [1.807, 2.05) is 32.0 Å². The van der Waals surface area contributed by atoms with Crippen LogP contribution in [0.15, 0.2) is 65.5 Å². The number of amides is 2. The van der Waals surface area contributed by atoms with Gasteiger partial charge in [0.25, 0.3) is 11.5 Å². The van der Waals surface area contributed by atoms with Crippen LogP contribution in [-0.2, 0) is 11.3 Å². The molecule has 2 aromatic carbocycles. The number of hydrogen-bond donors (Lipinski definition) is 2. The fraction of sp³-hybridized carbons (Fsp3) is 0.143. The van der Waals surface area contributed by atoms with Gasteiger partial charge in [-0.15, -0.1) is 0 Å². The lowest BCUT2D eigenvalue weighted by atomic mass is 10.1. The quantitative estimate of drug-likeness (QED) is 0.716. The summed E-state index contributed by atoms with van der Waals surface area (Å²) in [6.07, 6.45) is 0. The van der Waals surface area contributed by atoms with E-state index in [0.717, 1.165) is 15.8 Å². The van der Waals surface area contributed by atoms with Crippen LogP contribution in [0, 0.1) is 13.8 Å². The molecule has 142 valence electrons. The van der Waals surface area contributed by atoms with E-state index in [1.54, 1.807) is 30.3 Å². The molecule has 2 N–H and O–H groups in total. The molecule has 7 nitrogen and oxygen atoms in total. The Kier molecular flexibility index (Phi) is 5.64. The van der Waals surface area contributed by atoms with Crippen LogP contribution in [0.1, 0.15) is 21.6 Å². The summed E-state index contributed by atoms with van der Waals surface area (Å²) in [4.78, 5) is 36.8. The largest absolute Gasteiger partial charge is 0.324 e. The van der Waals surface area contributed by atoms with Gasteiger partial charge in [-0.2, -0.15) is 5.10 Å². The Bertz CT molecular complexity index is 1070. The predicted octanol–water partition coefficient (Wildman–Crippen LogP) is 2.75. The number of nitrogens with zero attached hydrogens (tertiary/aromatic N) is 2. The number of benzene rings is 2. The highest BCUT2D eigenvalue weighted by Gasteiger charge is 2.13. The third-order valence-corrected chi connectivity index (χ3v) is 4.30. The Morgan fingerprint density at radius 2 is 1.68 bits per heavy atom. The van der Waals surface area contributed by atoms with E-state index >= 15 is 0 Å². The van der Waals surface area contributed by atoms with Crippen molar-refractivity contribution in [2.45, 2.75) is 20.4 Å². The topological polar surface area (TPSA) is 93.1 Å². The molecular weight excluding hydrogens is 356 g/mol. The van der Waals surface area contributed by atoms with Crippen molar-refractivity contribution in [2.24, 2.45) is 0 Å². The average Bonchev–Trinajstić information content (AvgIpc) is 2.68. The molecule has 0 radical (unpaired) electrons. The second-order valence-corrected chi connectivity index (χ2v) is 6.33. The monoisotopic (exact) mass is 376 g/mol. The van der Waals surface area contributed by atoms with E-state index < -0.39 is 17.4 Å². The highest BCUT2D eigenvalue weighted by Crippen LogP contribution is 2.17. The van der Waals surface area contributed by atoms with Crippen molar-refractivity contribution in [1.82, 2.24) is 9.78 Å². The Hall–Kier alpha value is -3.74. The van der Waals surface area contributed by atoms with E-state index in [-0.39, 0.29) is 12.2 Å². The Morgan fingerprint density at radius 1 is 0.929 bits per heavy atom. The number of carbonyl (C=O) groups is 2. The minimum absolute atomic E-state index is 0.0444. The van der Waals surface area contributed by atoms with Crippen molar-refractivity contribution in [3.8, 4) is 0 Å². The van der Waals surface area contributed by atoms with Crippen molar-refractivity contribution >= 4 is 23.2 Å². The average molecular weight is 376 g/mol. The van der Waals surface area contributed by atoms with Crippen LogP contribution in [0.2, 0.25) is 0 Å². The number of nitrogens with one attached hydrogen (secondary N) is 2. The predicted molar refractivity (Wildman–Crippen MR) is 107 cm³/mol. The summed E-state index contributed by atoms with van der Waals surface area (Å²) in [5.74, 6) is -0.862. The van der Waals surface area contributed by atoms with Crippen molar-refractivity contribution < 1.29 is 9.59 Å². The summed E-state index contributed by atoms with van der Waals surface area (Å²) in [5, 5.41) is 9.49. The van der Waals surface area contributed by atoms with Crippen LogP contribution in [0.5, 0.6) is 0 Å². The van der Waals surface area contributed by atoms with Gasteiger partial charge < -0.3 is 10.6 Å². The number of anilines is 2. The molecule has 1 heterocycles. The molecular formula is C21H20N4O3. The first-order valence-electron chi connectivity index (χ1n) is 8.74. The molecule has 0 fully saturated rings.